The van der Waals surface area contributed by atoms with Crippen LogP contribution in [0, 0.1) is 23.3 Å². The SMILES string of the molecule is NS(=O)(=O)CCCCCOc1c(F)c(F)cc(F)c1F. The van der Waals surface area contributed by atoms with E-state index in [1.54, 1.807) is 0 Å². The first-order valence-electron chi connectivity index (χ1n) is 5.68. The van der Waals surface area contributed by atoms with Gasteiger partial charge in [0, 0.05) is 6.07 Å². The summed E-state index contributed by atoms with van der Waals surface area (Å²) in [5, 5.41) is 4.77. The van der Waals surface area contributed by atoms with Crippen LogP contribution in [0.25, 0.3) is 0 Å². The summed E-state index contributed by atoms with van der Waals surface area (Å²) in [7, 11) is -3.55. The van der Waals surface area contributed by atoms with E-state index in [1.165, 1.54) is 0 Å². The Labute approximate surface area is 113 Å². The van der Waals surface area contributed by atoms with Gasteiger partial charge in [-0.3, -0.25) is 0 Å². The molecule has 0 atom stereocenters. The van der Waals surface area contributed by atoms with Crippen molar-refractivity contribution in [1.82, 2.24) is 0 Å². The van der Waals surface area contributed by atoms with Gasteiger partial charge in [-0.2, -0.15) is 8.78 Å². The zero-order valence-corrected chi connectivity index (χ0v) is 11.2. The van der Waals surface area contributed by atoms with Crippen LogP contribution in [-0.2, 0) is 10.0 Å². The van der Waals surface area contributed by atoms with Crippen LogP contribution in [0.15, 0.2) is 6.07 Å². The summed E-state index contributed by atoms with van der Waals surface area (Å²) in [5.74, 6) is -7.64. The first-order chi connectivity index (χ1) is 9.22. The number of hydrogen-bond acceptors (Lipinski definition) is 3. The van der Waals surface area contributed by atoms with E-state index in [0.29, 0.717) is 6.42 Å². The lowest BCUT2D eigenvalue weighted by Gasteiger charge is -2.09. The highest BCUT2D eigenvalue weighted by molar-refractivity contribution is 7.89. The van der Waals surface area contributed by atoms with Gasteiger partial charge >= 0.3 is 0 Å². The minimum atomic E-state index is -3.55. The van der Waals surface area contributed by atoms with Gasteiger partial charge in [0.2, 0.25) is 21.7 Å². The zero-order chi connectivity index (χ0) is 15.3. The lowest BCUT2D eigenvalue weighted by molar-refractivity contribution is 0.264. The number of primary sulfonamides is 1. The van der Waals surface area contributed by atoms with Crippen LogP contribution >= 0.6 is 0 Å². The smallest absolute Gasteiger partial charge is 0.209 e. The molecule has 1 rings (SSSR count). The van der Waals surface area contributed by atoms with Crippen LogP contribution in [0.1, 0.15) is 19.3 Å². The Hall–Kier alpha value is -1.35. The standard InChI is InChI=1S/C11H13F4NO3S/c12-7-6-8(13)10(15)11(9(7)14)19-4-2-1-3-5-20(16,17)18/h6H,1-5H2,(H2,16,17,18). The van der Waals surface area contributed by atoms with Crippen molar-refractivity contribution in [2.75, 3.05) is 12.4 Å². The summed E-state index contributed by atoms with van der Waals surface area (Å²) >= 11 is 0. The Kier molecular flexibility index (Phi) is 5.75. The lowest BCUT2D eigenvalue weighted by atomic mass is 10.2. The number of halogens is 4. The third-order valence-corrected chi connectivity index (χ3v) is 3.25. The molecule has 0 radical (unpaired) electrons. The highest BCUT2D eigenvalue weighted by Gasteiger charge is 2.20. The van der Waals surface area contributed by atoms with Gasteiger partial charge in [-0.1, -0.05) is 0 Å². The summed E-state index contributed by atoms with van der Waals surface area (Å²) in [5.41, 5.74) is 0. The number of hydrogen-bond donors (Lipinski definition) is 1. The summed E-state index contributed by atoms with van der Waals surface area (Å²) in [4.78, 5) is 0. The van der Waals surface area contributed by atoms with Crippen LogP contribution < -0.4 is 9.88 Å². The predicted molar refractivity (Wildman–Crippen MR) is 63.6 cm³/mol. The summed E-state index contributed by atoms with van der Waals surface area (Å²) in [6, 6.07) is 0.0869. The van der Waals surface area contributed by atoms with Crippen molar-refractivity contribution in [3.8, 4) is 5.75 Å². The van der Waals surface area contributed by atoms with E-state index >= 15 is 0 Å². The van der Waals surface area contributed by atoms with Crippen LogP contribution in [0.4, 0.5) is 17.6 Å². The Morgan fingerprint density at radius 2 is 1.55 bits per heavy atom. The van der Waals surface area contributed by atoms with E-state index in [2.05, 4.69) is 4.74 Å². The second kappa shape index (κ2) is 6.89. The molecule has 20 heavy (non-hydrogen) atoms. The van der Waals surface area contributed by atoms with E-state index in [9.17, 15) is 26.0 Å². The molecule has 4 nitrogen and oxygen atoms in total. The van der Waals surface area contributed by atoms with Crippen LogP contribution in [-0.4, -0.2) is 20.8 Å². The molecule has 0 aromatic heterocycles. The van der Waals surface area contributed by atoms with Gasteiger partial charge in [-0.15, -0.1) is 0 Å². The number of unbranched alkanes of at least 4 members (excludes halogenated alkanes) is 2. The van der Waals surface area contributed by atoms with Gasteiger partial charge in [0.25, 0.3) is 0 Å². The Morgan fingerprint density at radius 1 is 1.00 bits per heavy atom. The molecule has 1 aromatic carbocycles. The largest absolute Gasteiger partial charge is 0.487 e. The molecule has 0 unspecified atom stereocenters. The summed E-state index contributed by atoms with van der Waals surface area (Å²) in [6.45, 7) is -0.207. The first-order valence-corrected chi connectivity index (χ1v) is 7.40. The third kappa shape index (κ3) is 4.97. The fourth-order valence-corrected chi connectivity index (χ4v) is 2.04. The Balaban J connectivity index is 2.47. The fourth-order valence-electron chi connectivity index (χ4n) is 1.43. The first kappa shape index (κ1) is 16.7. The summed E-state index contributed by atoms with van der Waals surface area (Å²) in [6.07, 6.45) is 0.884. The molecule has 0 heterocycles. The van der Waals surface area contributed by atoms with Crippen molar-refractivity contribution in [1.29, 1.82) is 0 Å². The molecule has 0 bridgehead atoms. The van der Waals surface area contributed by atoms with Gasteiger partial charge in [0.15, 0.2) is 17.4 Å². The number of ether oxygens (including phenoxy) is 1. The number of rotatable bonds is 7. The van der Waals surface area contributed by atoms with Crippen molar-refractivity contribution >= 4 is 10.0 Å². The average molecular weight is 315 g/mol. The van der Waals surface area contributed by atoms with E-state index < -0.39 is 39.0 Å². The van der Waals surface area contributed by atoms with Crippen molar-refractivity contribution in [3.05, 3.63) is 29.3 Å². The highest BCUT2D eigenvalue weighted by atomic mass is 32.2. The average Bonchev–Trinajstić information content (AvgIpc) is 2.33. The molecular weight excluding hydrogens is 302 g/mol. The topological polar surface area (TPSA) is 69.4 Å². The molecule has 0 fully saturated rings. The van der Waals surface area contributed by atoms with E-state index in [0.717, 1.165) is 0 Å². The highest BCUT2D eigenvalue weighted by Crippen LogP contribution is 2.26. The normalized spacial score (nSPS) is 11.7. The fraction of sp³-hybridized carbons (Fsp3) is 0.455. The van der Waals surface area contributed by atoms with Gasteiger partial charge in [-0.25, -0.2) is 22.3 Å². The molecule has 0 spiro atoms. The second-order valence-electron chi connectivity index (χ2n) is 4.07. The third-order valence-electron chi connectivity index (χ3n) is 2.39. The molecule has 2 N–H and O–H groups in total. The molecule has 114 valence electrons. The van der Waals surface area contributed by atoms with Crippen LogP contribution in [0.5, 0.6) is 5.75 Å². The molecule has 0 aliphatic heterocycles. The van der Waals surface area contributed by atoms with Gasteiger partial charge in [-0.05, 0) is 19.3 Å². The lowest BCUT2D eigenvalue weighted by Crippen LogP contribution is -2.16. The van der Waals surface area contributed by atoms with Crippen molar-refractivity contribution in [3.63, 3.8) is 0 Å². The van der Waals surface area contributed by atoms with Crippen molar-refractivity contribution in [2.45, 2.75) is 19.3 Å². The Bertz CT molecular complexity index is 551. The minimum absolute atomic E-state index is 0.0869. The monoisotopic (exact) mass is 315 g/mol. The Morgan fingerprint density at radius 3 is 2.05 bits per heavy atom. The molecule has 0 aliphatic rings. The van der Waals surface area contributed by atoms with Crippen molar-refractivity contribution < 1.29 is 30.7 Å². The predicted octanol–water partition coefficient (Wildman–Crippen LogP) is 2.08. The number of nitrogens with two attached hydrogens (primary N) is 1. The van der Waals surface area contributed by atoms with Crippen molar-refractivity contribution in [2.24, 2.45) is 5.14 Å². The van der Waals surface area contributed by atoms with Gasteiger partial charge in [0.1, 0.15) is 0 Å². The summed E-state index contributed by atoms with van der Waals surface area (Å²) < 4.78 is 77.9. The molecule has 0 saturated carbocycles. The molecular formula is C11H13F4NO3S. The molecule has 0 saturated heterocycles. The molecule has 9 heteroatoms. The van der Waals surface area contributed by atoms with E-state index in [4.69, 9.17) is 5.14 Å². The van der Waals surface area contributed by atoms with Gasteiger partial charge in [0.05, 0.1) is 12.4 Å². The maximum atomic E-state index is 13.2. The zero-order valence-electron chi connectivity index (χ0n) is 10.3. The number of benzene rings is 1. The van der Waals surface area contributed by atoms with Crippen LogP contribution in [0.2, 0.25) is 0 Å². The molecule has 0 aliphatic carbocycles. The second-order valence-corrected chi connectivity index (χ2v) is 5.81. The number of sulfonamides is 1. The minimum Gasteiger partial charge on any atom is -0.487 e. The maximum Gasteiger partial charge on any atom is 0.209 e. The van der Waals surface area contributed by atoms with Gasteiger partial charge < -0.3 is 4.74 Å². The molecule has 0 amide bonds. The van der Waals surface area contributed by atoms with E-state index in [1.807, 2.05) is 0 Å². The molecule has 1 aromatic rings. The van der Waals surface area contributed by atoms with E-state index in [-0.39, 0.29) is 31.3 Å². The quantitative estimate of drug-likeness (QED) is 0.476. The van der Waals surface area contributed by atoms with Crippen LogP contribution in [0.3, 0.4) is 0 Å². The maximum absolute atomic E-state index is 13.2.